The van der Waals surface area contributed by atoms with E-state index in [1.807, 2.05) is 12.1 Å². The Hall–Kier alpha value is -1.20. The van der Waals surface area contributed by atoms with Gasteiger partial charge in [0.05, 0.1) is 0 Å². The Morgan fingerprint density at radius 3 is 2.50 bits per heavy atom. The number of hydrogen-bond acceptors (Lipinski definition) is 3. The highest BCUT2D eigenvalue weighted by molar-refractivity contribution is 5.29. The first-order valence-electron chi connectivity index (χ1n) is 7.01. The topological polar surface area (TPSA) is 38.5 Å². The quantitative estimate of drug-likeness (QED) is 0.923. The number of benzene rings is 1. The minimum Gasteiger partial charge on any atom is -0.435 e. The summed E-state index contributed by atoms with van der Waals surface area (Å²) in [6, 6.07) is 7.29. The molecular formula is C15H22F2N2O. The molecule has 0 amide bonds. The van der Waals surface area contributed by atoms with Gasteiger partial charge in [0.15, 0.2) is 0 Å². The largest absolute Gasteiger partial charge is 0.435 e. The van der Waals surface area contributed by atoms with E-state index in [1.54, 1.807) is 12.1 Å². The molecule has 0 aliphatic carbocycles. The van der Waals surface area contributed by atoms with Crippen LogP contribution in [-0.4, -0.2) is 30.6 Å². The average molecular weight is 284 g/mol. The van der Waals surface area contributed by atoms with Gasteiger partial charge >= 0.3 is 6.61 Å². The Labute approximate surface area is 118 Å². The van der Waals surface area contributed by atoms with Crippen molar-refractivity contribution in [3.63, 3.8) is 0 Å². The highest BCUT2D eigenvalue weighted by atomic mass is 19.3. The predicted molar refractivity (Wildman–Crippen MR) is 74.8 cm³/mol. The van der Waals surface area contributed by atoms with E-state index in [2.05, 4.69) is 23.5 Å². The summed E-state index contributed by atoms with van der Waals surface area (Å²) in [4.78, 5) is 2.34. The van der Waals surface area contributed by atoms with Crippen molar-refractivity contribution in [2.45, 2.75) is 39.0 Å². The summed E-state index contributed by atoms with van der Waals surface area (Å²) in [7, 11) is 0. The Morgan fingerprint density at radius 2 is 1.95 bits per heavy atom. The van der Waals surface area contributed by atoms with E-state index in [0.29, 0.717) is 5.92 Å². The maximum atomic E-state index is 12.1. The minimum atomic E-state index is -2.78. The Bertz CT molecular complexity index is 424. The van der Waals surface area contributed by atoms with Gasteiger partial charge in [0.2, 0.25) is 0 Å². The van der Waals surface area contributed by atoms with E-state index >= 15 is 0 Å². The number of ether oxygens (including phenoxy) is 1. The van der Waals surface area contributed by atoms with Crippen LogP contribution in [0.3, 0.4) is 0 Å². The third-order valence-electron chi connectivity index (χ3n) is 4.18. The first-order valence-corrected chi connectivity index (χ1v) is 7.01. The van der Waals surface area contributed by atoms with Crippen molar-refractivity contribution in [2.24, 2.45) is 11.7 Å². The van der Waals surface area contributed by atoms with Crippen LogP contribution >= 0.6 is 0 Å². The lowest BCUT2D eigenvalue weighted by Crippen LogP contribution is -2.48. The van der Waals surface area contributed by atoms with E-state index in [0.717, 1.165) is 25.1 Å². The van der Waals surface area contributed by atoms with Gasteiger partial charge in [-0.05, 0) is 43.5 Å². The third-order valence-corrected chi connectivity index (χ3v) is 4.18. The maximum absolute atomic E-state index is 12.1. The first kappa shape index (κ1) is 15.2. The molecule has 112 valence electrons. The number of piperidine rings is 1. The molecule has 1 aromatic carbocycles. The second-order valence-corrected chi connectivity index (χ2v) is 5.55. The molecule has 0 spiro atoms. The molecule has 0 bridgehead atoms. The van der Waals surface area contributed by atoms with Crippen molar-refractivity contribution in [1.29, 1.82) is 0 Å². The lowest BCUT2D eigenvalue weighted by atomic mass is 9.92. The summed E-state index contributed by atoms with van der Waals surface area (Å²) < 4.78 is 28.6. The summed E-state index contributed by atoms with van der Waals surface area (Å²) in [6.07, 6.45) is 1.10. The normalized spacial score (nSPS) is 25.7. The van der Waals surface area contributed by atoms with Crippen LogP contribution in [0, 0.1) is 5.92 Å². The minimum absolute atomic E-state index is 0.194. The van der Waals surface area contributed by atoms with Gasteiger partial charge < -0.3 is 10.5 Å². The van der Waals surface area contributed by atoms with E-state index < -0.39 is 6.61 Å². The van der Waals surface area contributed by atoms with Crippen LogP contribution in [-0.2, 0) is 0 Å². The second kappa shape index (κ2) is 6.50. The number of likely N-dealkylation sites (tertiary alicyclic amines) is 1. The fraction of sp³-hybridized carbons (Fsp3) is 0.600. The van der Waals surface area contributed by atoms with E-state index in [1.165, 1.54) is 0 Å². The van der Waals surface area contributed by atoms with Gasteiger partial charge in [-0.15, -0.1) is 0 Å². The van der Waals surface area contributed by atoms with Crippen molar-refractivity contribution in [3.05, 3.63) is 29.8 Å². The number of halogens is 2. The standard InChI is InChI=1S/C15H22F2N2O/c1-10-7-8-19(9-14(10)18)11(2)12-3-5-13(6-4-12)20-15(16)17/h3-6,10-11,14-15H,7-9,18H2,1-2H3. The lowest BCUT2D eigenvalue weighted by molar-refractivity contribution is -0.0498. The highest BCUT2D eigenvalue weighted by Crippen LogP contribution is 2.27. The molecule has 1 fully saturated rings. The zero-order chi connectivity index (χ0) is 14.7. The monoisotopic (exact) mass is 284 g/mol. The number of alkyl halides is 2. The van der Waals surface area contributed by atoms with Crippen molar-refractivity contribution >= 4 is 0 Å². The molecule has 3 unspecified atom stereocenters. The smallest absolute Gasteiger partial charge is 0.387 e. The molecule has 0 aromatic heterocycles. The molecule has 2 rings (SSSR count). The summed E-state index contributed by atoms with van der Waals surface area (Å²) in [6.45, 7) is 3.41. The molecule has 1 aliphatic rings. The fourth-order valence-electron chi connectivity index (χ4n) is 2.62. The van der Waals surface area contributed by atoms with Gasteiger partial charge in [0, 0.05) is 18.6 Å². The van der Waals surface area contributed by atoms with Crippen LogP contribution in [0.25, 0.3) is 0 Å². The zero-order valence-electron chi connectivity index (χ0n) is 11.9. The molecular weight excluding hydrogens is 262 g/mol. The molecule has 5 heteroatoms. The van der Waals surface area contributed by atoms with E-state index in [4.69, 9.17) is 5.73 Å². The van der Waals surface area contributed by atoms with Gasteiger partial charge in [0.25, 0.3) is 0 Å². The van der Waals surface area contributed by atoms with Crippen LogP contribution in [0.5, 0.6) is 5.75 Å². The second-order valence-electron chi connectivity index (χ2n) is 5.55. The lowest BCUT2D eigenvalue weighted by Gasteiger charge is -2.38. The molecule has 2 N–H and O–H groups in total. The van der Waals surface area contributed by atoms with Crippen molar-refractivity contribution in [2.75, 3.05) is 13.1 Å². The van der Waals surface area contributed by atoms with E-state index in [-0.39, 0.29) is 17.8 Å². The predicted octanol–water partition coefficient (Wildman–Crippen LogP) is 3.02. The van der Waals surface area contributed by atoms with Crippen LogP contribution < -0.4 is 10.5 Å². The van der Waals surface area contributed by atoms with Crippen molar-refractivity contribution in [3.8, 4) is 5.75 Å². The SMILES string of the molecule is CC1CCN(C(C)c2ccc(OC(F)F)cc2)CC1N. The maximum Gasteiger partial charge on any atom is 0.387 e. The molecule has 1 saturated heterocycles. The number of nitrogens with zero attached hydrogens (tertiary/aromatic N) is 1. The van der Waals surface area contributed by atoms with Gasteiger partial charge in [0.1, 0.15) is 5.75 Å². The fourth-order valence-corrected chi connectivity index (χ4v) is 2.62. The van der Waals surface area contributed by atoms with Crippen LogP contribution in [0.15, 0.2) is 24.3 Å². The Balaban J connectivity index is 2.00. The summed E-state index contributed by atoms with van der Waals surface area (Å²) in [5.74, 6) is 0.750. The highest BCUT2D eigenvalue weighted by Gasteiger charge is 2.26. The number of hydrogen-bond donors (Lipinski definition) is 1. The number of rotatable bonds is 4. The van der Waals surface area contributed by atoms with Crippen molar-refractivity contribution in [1.82, 2.24) is 4.90 Å². The first-order chi connectivity index (χ1) is 9.47. The van der Waals surface area contributed by atoms with Crippen LogP contribution in [0.2, 0.25) is 0 Å². The molecule has 3 atom stereocenters. The van der Waals surface area contributed by atoms with Crippen molar-refractivity contribution < 1.29 is 13.5 Å². The van der Waals surface area contributed by atoms with E-state index in [9.17, 15) is 8.78 Å². The summed E-state index contributed by atoms with van der Waals surface area (Å²) >= 11 is 0. The third kappa shape index (κ3) is 3.67. The Morgan fingerprint density at radius 1 is 1.30 bits per heavy atom. The molecule has 0 radical (unpaired) electrons. The molecule has 20 heavy (non-hydrogen) atoms. The molecule has 1 aliphatic heterocycles. The van der Waals surface area contributed by atoms with Gasteiger partial charge in [-0.1, -0.05) is 19.1 Å². The summed E-state index contributed by atoms with van der Waals surface area (Å²) in [5, 5.41) is 0. The molecule has 3 nitrogen and oxygen atoms in total. The summed E-state index contributed by atoms with van der Waals surface area (Å²) in [5.41, 5.74) is 7.21. The molecule has 1 heterocycles. The van der Waals surface area contributed by atoms with Gasteiger partial charge in [-0.2, -0.15) is 8.78 Å². The zero-order valence-corrected chi connectivity index (χ0v) is 11.9. The van der Waals surface area contributed by atoms with Crippen LogP contribution in [0.1, 0.15) is 31.9 Å². The number of nitrogens with two attached hydrogens (primary N) is 1. The average Bonchev–Trinajstić information content (AvgIpc) is 2.41. The van der Waals surface area contributed by atoms with Gasteiger partial charge in [-0.25, -0.2) is 0 Å². The molecule has 1 aromatic rings. The molecule has 0 saturated carbocycles. The Kier molecular flexibility index (Phi) is 4.94. The van der Waals surface area contributed by atoms with Gasteiger partial charge in [-0.3, -0.25) is 4.90 Å². The van der Waals surface area contributed by atoms with Crippen LogP contribution in [0.4, 0.5) is 8.78 Å².